The monoisotopic (exact) mass is 367 g/mol. The molecular weight excluding hydrogens is 342 g/mol. The van der Waals surface area contributed by atoms with Crippen molar-refractivity contribution in [1.82, 2.24) is 4.90 Å². The van der Waals surface area contributed by atoms with Gasteiger partial charge >= 0.3 is 0 Å². The molecule has 2 amide bonds. The summed E-state index contributed by atoms with van der Waals surface area (Å²) in [5, 5.41) is 5.63. The molecule has 6 nitrogen and oxygen atoms in total. The first kappa shape index (κ1) is 18.9. The minimum absolute atomic E-state index is 0.101. The number of carbonyl (C=O) groups excluding carboxylic acids is 2. The second-order valence-corrected chi connectivity index (χ2v) is 6.68. The fourth-order valence-electron chi connectivity index (χ4n) is 3.53. The largest absolute Gasteiger partial charge is 0.495 e. The van der Waals surface area contributed by atoms with Crippen molar-refractivity contribution in [3.8, 4) is 5.75 Å². The van der Waals surface area contributed by atoms with Gasteiger partial charge in [-0.25, -0.2) is 0 Å². The zero-order valence-electron chi connectivity index (χ0n) is 15.7. The Kier molecular flexibility index (Phi) is 6.08. The van der Waals surface area contributed by atoms with Crippen molar-refractivity contribution in [3.63, 3.8) is 0 Å². The highest BCUT2D eigenvalue weighted by Crippen LogP contribution is 2.32. The Bertz CT molecular complexity index is 808. The van der Waals surface area contributed by atoms with Crippen LogP contribution in [-0.2, 0) is 9.59 Å². The number of rotatable bonds is 6. The summed E-state index contributed by atoms with van der Waals surface area (Å²) >= 11 is 0. The number of benzene rings is 2. The molecule has 3 rings (SSSR count). The molecule has 2 aromatic carbocycles. The van der Waals surface area contributed by atoms with Crippen LogP contribution in [-0.4, -0.2) is 36.9 Å². The van der Waals surface area contributed by atoms with E-state index in [-0.39, 0.29) is 17.9 Å². The molecule has 2 N–H and O–H groups in total. The van der Waals surface area contributed by atoms with E-state index in [4.69, 9.17) is 4.74 Å². The van der Waals surface area contributed by atoms with Gasteiger partial charge in [0.15, 0.2) is 0 Å². The second kappa shape index (κ2) is 8.68. The smallest absolute Gasteiger partial charge is 0.238 e. The summed E-state index contributed by atoms with van der Waals surface area (Å²) in [6.07, 6.45) is 2.13. The standard InChI is InChI=1S/C21H25N3O3/c1-15(25)22-17-10-11-20(27-2)18(13-17)23-21(26)14-24-12-6-9-19(24)16-7-4-3-5-8-16/h3-5,7-8,10-11,13,19H,6,9,12,14H2,1-2H3,(H,22,25)(H,23,26). The summed E-state index contributed by atoms with van der Waals surface area (Å²) in [6, 6.07) is 15.7. The molecule has 0 radical (unpaired) electrons. The molecule has 1 unspecified atom stereocenters. The van der Waals surface area contributed by atoms with Gasteiger partial charge in [-0.15, -0.1) is 0 Å². The maximum Gasteiger partial charge on any atom is 0.238 e. The van der Waals surface area contributed by atoms with Crippen LogP contribution in [0.25, 0.3) is 0 Å². The first-order valence-corrected chi connectivity index (χ1v) is 9.11. The summed E-state index contributed by atoms with van der Waals surface area (Å²) in [5.41, 5.74) is 2.40. The molecular formula is C21H25N3O3. The van der Waals surface area contributed by atoms with Gasteiger partial charge < -0.3 is 15.4 Å². The molecule has 142 valence electrons. The normalized spacial score (nSPS) is 16.7. The highest BCUT2D eigenvalue weighted by atomic mass is 16.5. The Morgan fingerprint density at radius 3 is 2.63 bits per heavy atom. The Balaban J connectivity index is 1.69. The zero-order chi connectivity index (χ0) is 19.2. The molecule has 0 aromatic heterocycles. The fraction of sp³-hybridized carbons (Fsp3) is 0.333. The highest BCUT2D eigenvalue weighted by molar-refractivity contribution is 5.95. The summed E-state index contributed by atoms with van der Waals surface area (Å²) in [6.45, 7) is 2.66. The van der Waals surface area contributed by atoms with E-state index in [2.05, 4.69) is 27.7 Å². The molecule has 1 aliphatic heterocycles. The highest BCUT2D eigenvalue weighted by Gasteiger charge is 2.27. The van der Waals surface area contributed by atoms with Gasteiger partial charge in [-0.3, -0.25) is 14.5 Å². The number of likely N-dealkylation sites (tertiary alicyclic amines) is 1. The first-order valence-electron chi connectivity index (χ1n) is 9.11. The Morgan fingerprint density at radius 1 is 1.15 bits per heavy atom. The number of carbonyl (C=O) groups is 2. The topological polar surface area (TPSA) is 70.7 Å². The minimum atomic E-state index is -0.166. The van der Waals surface area contributed by atoms with Gasteiger partial charge in [0.1, 0.15) is 5.75 Å². The van der Waals surface area contributed by atoms with Gasteiger partial charge in [-0.05, 0) is 43.1 Å². The third-order valence-corrected chi connectivity index (χ3v) is 4.69. The lowest BCUT2D eigenvalue weighted by molar-refractivity contribution is -0.117. The van der Waals surface area contributed by atoms with Crippen LogP contribution in [0.15, 0.2) is 48.5 Å². The molecule has 0 aliphatic carbocycles. The van der Waals surface area contributed by atoms with Crippen LogP contribution in [0.1, 0.15) is 31.4 Å². The van der Waals surface area contributed by atoms with Crippen LogP contribution < -0.4 is 15.4 Å². The molecule has 0 saturated carbocycles. The van der Waals surface area contributed by atoms with E-state index in [1.54, 1.807) is 25.3 Å². The SMILES string of the molecule is COc1ccc(NC(C)=O)cc1NC(=O)CN1CCCC1c1ccccc1. The van der Waals surface area contributed by atoms with Crippen molar-refractivity contribution in [2.45, 2.75) is 25.8 Å². The van der Waals surface area contributed by atoms with E-state index in [0.717, 1.165) is 19.4 Å². The Hall–Kier alpha value is -2.86. The fourth-order valence-corrected chi connectivity index (χ4v) is 3.53. The molecule has 27 heavy (non-hydrogen) atoms. The predicted molar refractivity (Wildman–Crippen MR) is 106 cm³/mol. The lowest BCUT2D eigenvalue weighted by Crippen LogP contribution is -2.33. The van der Waals surface area contributed by atoms with Crippen molar-refractivity contribution in [2.75, 3.05) is 30.8 Å². The van der Waals surface area contributed by atoms with Gasteiger partial charge in [0, 0.05) is 18.7 Å². The third-order valence-electron chi connectivity index (χ3n) is 4.69. The maximum absolute atomic E-state index is 12.7. The molecule has 1 saturated heterocycles. The molecule has 6 heteroatoms. The van der Waals surface area contributed by atoms with Crippen molar-refractivity contribution < 1.29 is 14.3 Å². The number of anilines is 2. The Morgan fingerprint density at radius 2 is 1.93 bits per heavy atom. The predicted octanol–water partition coefficient (Wildman–Crippen LogP) is 3.43. The van der Waals surface area contributed by atoms with Gasteiger partial charge in [0.25, 0.3) is 0 Å². The van der Waals surface area contributed by atoms with Crippen molar-refractivity contribution in [1.29, 1.82) is 0 Å². The molecule has 1 fully saturated rings. The Labute approximate surface area is 159 Å². The number of amides is 2. The number of nitrogens with one attached hydrogen (secondary N) is 2. The van der Waals surface area contributed by atoms with Crippen LogP contribution in [0, 0.1) is 0 Å². The lowest BCUT2D eigenvalue weighted by Gasteiger charge is -2.24. The van der Waals surface area contributed by atoms with Crippen molar-refractivity contribution in [2.24, 2.45) is 0 Å². The van der Waals surface area contributed by atoms with Crippen LogP contribution >= 0.6 is 0 Å². The summed E-state index contributed by atoms with van der Waals surface area (Å²) in [5.74, 6) is 0.287. The van der Waals surface area contributed by atoms with Gasteiger partial charge in [0.05, 0.1) is 19.3 Å². The van der Waals surface area contributed by atoms with Gasteiger partial charge in [-0.2, -0.15) is 0 Å². The molecule has 1 atom stereocenters. The van der Waals surface area contributed by atoms with E-state index < -0.39 is 0 Å². The third kappa shape index (κ3) is 4.86. The van der Waals surface area contributed by atoms with Crippen LogP contribution in [0.3, 0.4) is 0 Å². The number of hydrogen-bond donors (Lipinski definition) is 2. The molecule has 2 aromatic rings. The number of nitrogens with zero attached hydrogens (tertiary/aromatic N) is 1. The second-order valence-electron chi connectivity index (χ2n) is 6.68. The average Bonchev–Trinajstić information content (AvgIpc) is 3.10. The number of hydrogen-bond acceptors (Lipinski definition) is 4. The molecule has 1 aliphatic rings. The first-order chi connectivity index (χ1) is 13.1. The number of ether oxygens (including phenoxy) is 1. The van der Waals surface area contributed by atoms with Crippen molar-refractivity contribution >= 4 is 23.2 Å². The van der Waals surface area contributed by atoms with Crippen LogP contribution in [0.5, 0.6) is 5.75 Å². The molecule has 0 bridgehead atoms. The van der Waals surface area contributed by atoms with Gasteiger partial charge in [-0.1, -0.05) is 30.3 Å². The summed E-state index contributed by atoms with van der Waals surface area (Å²) < 4.78 is 5.33. The number of methoxy groups -OCH3 is 1. The summed E-state index contributed by atoms with van der Waals surface area (Å²) in [7, 11) is 1.55. The van der Waals surface area contributed by atoms with E-state index in [9.17, 15) is 9.59 Å². The van der Waals surface area contributed by atoms with Gasteiger partial charge in [0.2, 0.25) is 11.8 Å². The average molecular weight is 367 g/mol. The lowest BCUT2D eigenvalue weighted by atomic mass is 10.0. The maximum atomic E-state index is 12.7. The van der Waals surface area contributed by atoms with E-state index in [0.29, 0.717) is 23.7 Å². The van der Waals surface area contributed by atoms with E-state index in [1.807, 2.05) is 18.2 Å². The molecule has 0 spiro atoms. The van der Waals surface area contributed by atoms with Crippen LogP contribution in [0.4, 0.5) is 11.4 Å². The zero-order valence-corrected chi connectivity index (χ0v) is 15.7. The minimum Gasteiger partial charge on any atom is -0.495 e. The van der Waals surface area contributed by atoms with Crippen molar-refractivity contribution in [3.05, 3.63) is 54.1 Å². The quantitative estimate of drug-likeness (QED) is 0.821. The van der Waals surface area contributed by atoms with E-state index >= 15 is 0 Å². The van der Waals surface area contributed by atoms with Crippen LogP contribution in [0.2, 0.25) is 0 Å². The summed E-state index contributed by atoms with van der Waals surface area (Å²) in [4.78, 5) is 26.1. The molecule has 1 heterocycles. The van der Waals surface area contributed by atoms with E-state index in [1.165, 1.54) is 12.5 Å².